The van der Waals surface area contributed by atoms with Crippen molar-refractivity contribution in [3.63, 3.8) is 0 Å². The Balaban J connectivity index is 0.862. The minimum Gasteiger partial charge on any atom is -0.278 e. The fourth-order valence-corrected chi connectivity index (χ4v) is 12.1. The quantitative estimate of drug-likeness (QED) is 0.153. The molecule has 5 heteroatoms. The Morgan fingerprint density at radius 1 is 0.357 bits per heavy atom. The maximum absolute atomic E-state index is 5.18. The number of benzene rings is 9. The maximum Gasteiger partial charge on any atom is 0.238 e. The molecule has 0 bridgehead atoms. The molecule has 0 saturated heterocycles. The van der Waals surface area contributed by atoms with Gasteiger partial charge in [-0.2, -0.15) is 9.97 Å². The first-order valence-electron chi connectivity index (χ1n) is 24.0. The van der Waals surface area contributed by atoms with Crippen LogP contribution in [0.4, 0.5) is 0 Å². The number of nitrogens with zero attached hydrogens (tertiary/aromatic N) is 4. The molecule has 13 rings (SSSR count). The zero-order valence-corrected chi connectivity index (χ0v) is 39.9. The molecule has 0 radical (unpaired) electrons. The van der Waals surface area contributed by atoms with E-state index >= 15 is 0 Å². The standard InChI is InChI=1S/C65H46N4S/c1-40-60(43-19-8-4-9-20-43)41(2)62(42(3)61(40)44-21-10-5-11-22-44)49-28-18-27-47(35-49)58-33-34-59(70-58)48-31-32-52-50(36-48)37-51-38-57-55(39-54(51)52)53-29-16-17-30-56(53)69(57)65-67-63(45-23-12-6-13-24-45)66-64(68-65)46-25-14-7-15-26-46/h4-36,38-39H,37H2,1-3H3. The second kappa shape index (κ2) is 16.9. The van der Waals surface area contributed by atoms with Gasteiger partial charge in [0.05, 0.1) is 11.0 Å². The molecule has 3 aromatic heterocycles. The van der Waals surface area contributed by atoms with Crippen molar-refractivity contribution in [3.05, 3.63) is 240 Å². The van der Waals surface area contributed by atoms with E-state index in [1.165, 1.54) is 104 Å². The Bertz CT molecular complexity index is 3860. The van der Waals surface area contributed by atoms with Crippen molar-refractivity contribution in [2.45, 2.75) is 27.2 Å². The number of hydrogen-bond acceptors (Lipinski definition) is 4. The molecule has 0 spiro atoms. The van der Waals surface area contributed by atoms with E-state index in [0.717, 1.165) is 28.6 Å². The van der Waals surface area contributed by atoms with Crippen LogP contribution in [0.1, 0.15) is 27.8 Å². The molecule has 0 N–H and O–H groups in total. The van der Waals surface area contributed by atoms with Crippen molar-refractivity contribution in [1.29, 1.82) is 0 Å². The summed E-state index contributed by atoms with van der Waals surface area (Å²) >= 11 is 1.86. The van der Waals surface area contributed by atoms with Crippen molar-refractivity contribution < 1.29 is 0 Å². The normalized spacial score (nSPS) is 11.9. The average Bonchev–Trinajstić information content (AvgIpc) is 4.13. The predicted octanol–water partition coefficient (Wildman–Crippen LogP) is 17.2. The Morgan fingerprint density at radius 2 is 0.843 bits per heavy atom. The molecule has 12 aromatic rings. The molecule has 9 aromatic carbocycles. The number of aromatic nitrogens is 4. The highest BCUT2D eigenvalue weighted by molar-refractivity contribution is 7.18. The molecule has 0 fully saturated rings. The van der Waals surface area contributed by atoms with Crippen molar-refractivity contribution in [1.82, 2.24) is 19.5 Å². The molecule has 3 heterocycles. The van der Waals surface area contributed by atoms with Gasteiger partial charge in [0.15, 0.2) is 11.6 Å². The molecule has 332 valence electrons. The van der Waals surface area contributed by atoms with E-state index in [1.54, 1.807) is 0 Å². The van der Waals surface area contributed by atoms with Gasteiger partial charge in [0.25, 0.3) is 0 Å². The largest absolute Gasteiger partial charge is 0.278 e. The summed E-state index contributed by atoms with van der Waals surface area (Å²) in [7, 11) is 0. The molecule has 0 unspecified atom stereocenters. The van der Waals surface area contributed by atoms with Gasteiger partial charge in [-0.05, 0) is 153 Å². The molecule has 0 atom stereocenters. The molecule has 0 amide bonds. The first-order chi connectivity index (χ1) is 34.4. The van der Waals surface area contributed by atoms with Crippen LogP contribution >= 0.6 is 11.3 Å². The lowest BCUT2D eigenvalue weighted by atomic mass is 9.80. The summed E-state index contributed by atoms with van der Waals surface area (Å²) in [6, 6.07) is 76.3. The Labute approximate surface area is 411 Å². The fraction of sp³-hybridized carbons (Fsp3) is 0.0615. The fourth-order valence-electron chi connectivity index (χ4n) is 11.1. The first-order valence-corrected chi connectivity index (χ1v) is 24.8. The van der Waals surface area contributed by atoms with E-state index in [4.69, 9.17) is 15.0 Å². The summed E-state index contributed by atoms with van der Waals surface area (Å²) in [4.78, 5) is 17.9. The third-order valence-corrected chi connectivity index (χ3v) is 15.4. The number of thiophene rings is 1. The smallest absolute Gasteiger partial charge is 0.238 e. The zero-order chi connectivity index (χ0) is 46.9. The van der Waals surface area contributed by atoms with E-state index in [2.05, 4.69) is 201 Å². The summed E-state index contributed by atoms with van der Waals surface area (Å²) in [5, 5.41) is 2.35. The topological polar surface area (TPSA) is 43.6 Å². The number of rotatable bonds is 8. The molecule has 0 saturated carbocycles. The minimum atomic E-state index is 0.605. The molecule has 1 aliphatic carbocycles. The van der Waals surface area contributed by atoms with Gasteiger partial charge >= 0.3 is 0 Å². The van der Waals surface area contributed by atoms with Crippen LogP contribution in [0.15, 0.2) is 212 Å². The van der Waals surface area contributed by atoms with Crippen molar-refractivity contribution in [2.75, 3.05) is 0 Å². The van der Waals surface area contributed by atoms with Gasteiger partial charge in [-0.3, -0.25) is 4.57 Å². The minimum absolute atomic E-state index is 0.605. The first kappa shape index (κ1) is 41.7. The third kappa shape index (κ3) is 7.00. The number of para-hydroxylation sites is 1. The van der Waals surface area contributed by atoms with Gasteiger partial charge in [-0.25, -0.2) is 4.98 Å². The van der Waals surface area contributed by atoms with Crippen LogP contribution in [0, 0.1) is 20.8 Å². The van der Waals surface area contributed by atoms with Gasteiger partial charge in [0.1, 0.15) is 0 Å². The predicted molar refractivity (Wildman–Crippen MR) is 293 cm³/mol. The highest BCUT2D eigenvalue weighted by Gasteiger charge is 2.25. The summed E-state index contributed by atoms with van der Waals surface area (Å²) in [6.07, 6.45) is 0.850. The number of fused-ring (bicyclic) bond motifs is 6. The second-order valence-corrected chi connectivity index (χ2v) is 19.5. The lowest BCUT2D eigenvalue weighted by Gasteiger charge is -2.23. The lowest BCUT2D eigenvalue weighted by molar-refractivity contribution is 0.953. The van der Waals surface area contributed by atoms with Crippen LogP contribution in [0.2, 0.25) is 0 Å². The SMILES string of the molecule is Cc1c(-c2ccccc2)c(C)c(-c2cccc(-c3ccc(-c4ccc5c(c4)Cc4cc6c(cc4-5)c4ccccc4n6-c4nc(-c5ccccc5)nc(-c5ccccc5)n4)s3)c2)c(C)c1-c1ccccc1. The Morgan fingerprint density at radius 3 is 1.44 bits per heavy atom. The molecular formula is C65H46N4S. The van der Waals surface area contributed by atoms with Gasteiger partial charge in [-0.1, -0.05) is 170 Å². The van der Waals surface area contributed by atoms with Crippen LogP contribution in [0.5, 0.6) is 0 Å². The van der Waals surface area contributed by atoms with Crippen LogP contribution in [-0.2, 0) is 6.42 Å². The van der Waals surface area contributed by atoms with Gasteiger partial charge < -0.3 is 0 Å². The highest BCUT2D eigenvalue weighted by Crippen LogP contribution is 2.47. The Kier molecular flexibility index (Phi) is 10.1. The van der Waals surface area contributed by atoms with Crippen molar-refractivity contribution in [2.24, 2.45) is 0 Å². The highest BCUT2D eigenvalue weighted by atomic mass is 32.1. The monoisotopic (exact) mass is 914 g/mol. The summed E-state index contributed by atoms with van der Waals surface area (Å²) < 4.78 is 2.23. The van der Waals surface area contributed by atoms with Gasteiger partial charge in [-0.15, -0.1) is 11.3 Å². The lowest BCUT2D eigenvalue weighted by Crippen LogP contribution is -2.06. The molecule has 4 nitrogen and oxygen atoms in total. The molecule has 70 heavy (non-hydrogen) atoms. The van der Waals surface area contributed by atoms with E-state index in [-0.39, 0.29) is 0 Å². The van der Waals surface area contributed by atoms with Crippen LogP contribution in [-0.4, -0.2) is 19.5 Å². The van der Waals surface area contributed by atoms with Gasteiger partial charge in [0.2, 0.25) is 5.95 Å². The number of hydrogen-bond donors (Lipinski definition) is 0. The average molecular weight is 915 g/mol. The van der Waals surface area contributed by atoms with E-state index < -0.39 is 0 Å². The van der Waals surface area contributed by atoms with Crippen molar-refractivity contribution >= 4 is 33.1 Å². The van der Waals surface area contributed by atoms with Crippen LogP contribution in [0.25, 0.3) is 116 Å². The summed E-state index contributed by atoms with van der Waals surface area (Å²) in [5.74, 6) is 1.90. The Hall–Kier alpha value is -8.51. The molecule has 1 aliphatic rings. The van der Waals surface area contributed by atoms with E-state index in [1.807, 2.05) is 47.7 Å². The summed E-state index contributed by atoms with van der Waals surface area (Å²) in [5.41, 5.74) is 23.4. The second-order valence-electron chi connectivity index (χ2n) is 18.4. The summed E-state index contributed by atoms with van der Waals surface area (Å²) in [6.45, 7) is 6.89. The third-order valence-electron chi connectivity index (χ3n) is 14.3. The van der Waals surface area contributed by atoms with E-state index in [9.17, 15) is 0 Å². The zero-order valence-electron chi connectivity index (χ0n) is 39.1. The van der Waals surface area contributed by atoms with Gasteiger partial charge in [0, 0.05) is 31.7 Å². The van der Waals surface area contributed by atoms with E-state index in [0.29, 0.717) is 17.6 Å². The van der Waals surface area contributed by atoms with Crippen LogP contribution in [0.3, 0.4) is 0 Å². The maximum atomic E-state index is 5.18. The molecular weight excluding hydrogens is 869 g/mol. The van der Waals surface area contributed by atoms with Crippen molar-refractivity contribution in [3.8, 4) is 94.1 Å². The van der Waals surface area contributed by atoms with Crippen LogP contribution < -0.4 is 0 Å². The molecule has 0 aliphatic heterocycles.